The summed E-state index contributed by atoms with van der Waals surface area (Å²) in [7, 11) is 0. The number of carbonyl (C=O) groups excluding carboxylic acids is 1. The second-order valence-electron chi connectivity index (χ2n) is 4.13. The predicted octanol–water partition coefficient (Wildman–Crippen LogP) is 3.25. The van der Waals surface area contributed by atoms with E-state index in [1.165, 1.54) is 12.3 Å². The fourth-order valence-corrected chi connectivity index (χ4v) is 1.52. The van der Waals surface area contributed by atoms with Crippen LogP contribution in [0.3, 0.4) is 0 Å². The summed E-state index contributed by atoms with van der Waals surface area (Å²) in [6, 6.07) is 6.29. The molecule has 1 aromatic carbocycles. The van der Waals surface area contributed by atoms with Gasteiger partial charge in [-0.05, 0) is 12.5 Å². The van der Waals surface area contributed by atoms with Crippen molar-refractivity contribution in [3.05, 3.63) is 35.6 Å². The Morgan fingerprint density at radius 3 is 2.83 bits per heavy atom. The van der Waals surface area contributed by atoms with Crippen LogP contribution in [0.15, 0.2) is 29.4 Å². The molecule has 0 aliphatic heterocycles. The number of amides is 1. The van der Waals surface area contributed by atoms with E-state index in [2.05, 4.69) is 17.5 Å². The summed E-state index contributed by atoms with van der Waals surface area (Å²) in [6.45, 7) is 2.12. The highest BCUT2D eigenvalue weighted by atomic mass is 19.1. The zero-order valence-corrected chi connectivity index (χ0v) is 10.7. The zero-order chi connectivity index (χ0) is 13.2. The highest BCUT2D eigenvalue weighted by Gasteiger charge is 1.99. The second kappa shape index (κ2) is 8.39. The average molecular weight is 250 g/mol. The van der Waals surface area contributed by atoms with Gasteiger partial charge in [0.15, 0.2) is 0 Å². The van der Waals surface area contributed by atoms with Crippen molar-refractivity contribution in [2.45, 2.75) is 39.0 Å². The van der Waals surface area contributed by atoms with E-state index in [9.17, 15) is 9.18 Å². The fourth-order valence-electron chi connectivity index (χ4n) is 1.52. The van der Waals surface area contributed by atoms with Crippen LogP contribution in [-0.4, -0.2) is 12.1 Å². The van der Waals surface area contributed by atoms with Gasteiger partial charge < -0.3 is 0 Å². The first kappa shape index (κ1) is 14.4. The summed E-state index contributed by atoms with van der Waals surface area (Å²) in [5.74, 6) is -0.475. The number of hydrazone groups is 1. The molecule has 0 saturated carbocycles. The molecular formula is C14H19FN2O. The first-order valence-electron chi connectivity index (χ1n) is 6.30. The standard InChI is InChI=1S/C14H19FN2O/c1-2-3-4-5-10-14(18)17-16-11-12-8-6-7-9-13(12)15/h6-9,11H,2-5,10H2,1H3,(H,17,18). The van der Waals surface area contributed by atoms with Crippen LogP contribution in [0.4, 0.5) is 4.39 Å². The highest BCUT2D eigenvalue weighted by molar-refractivity contribution is 5.82. The van der Waals surface area contributed by atoms with Crippen LogP contribution >= 0.6 is 0 Å². The van der Waals surface area contributed by atoms with Crippen LogP contribution in [0.5, 0.6) is 0 Å². The number of halogens is 1. The van der Waals surface area contributed by atoms with Crippen molar-refractivity contribution >= 4 is 12.1 Å². The van der Waals surface area contributed by atoms with Gasteiger partial charge in [0.2, 0.25) is 5.91 Å². The lowest BCUT2D eigenvalue weighted by Gasteiger charge is -1.99. The van der Waals surface area contributed by atoms with Crippen LogP contribution in [-0.2, 0) is 4.79 Å². The van der Waals surface area contributed by atoms with Gasteiger partial charge in [0.1, 0.15) is 5.82 Å². The Morgan fingerprint density at radius 1 is 1.33 bits per heavy atom. The summed E-state index contributed by atoms with van der Waals surface area (Å²) in [6.07, 6.45) is 6.00. The quantitative estimate of drug-likeness (QED) is 0.450. The molecular weight excluding hydrogens is 231 g/mol. The lowest BCUT2D eigenvalue weighted by atomic mass is 10.1. The van der Waals surface area contributed by atoms with Crippen molar-refractivity contribution in [3.8, 4) is 0 Å². The van der Waals surface area contributed by atoms with Gasteiger partial charge >= 0.3 is 0 Å². The maximum Gasteiger partial charge on any atom is 0.240 e. The van der Waals surface area contributed by atoms with E-state index in [0.717, 1.165) is 25.7 Å². The summed E-state index contributed by atoms with van der Waals surface area (Å²) in [5.41, 5.74) is 2.76. The molecule has 0 fully saturated rings. The lowest BCUT2D eigenvalue weighted by molar-refractivity contribution is -0.121. The normalized spacial score (nSPS) is 10.8. The monoisotopic (exact) mass is 250 g/mol. The molecule has 1 amide bonds. The first-order valence-corrected chi connectivity index (χ1v) is 6.30. The van der Waals surface area contributed by atoms with Crippen molar-refractivity contribution in [1.29, 1.82) is 0 Å². The Balaban J connectivity index is 2.28. The van der Waals surface area contributed by atoms with Gasteiger partial charge in [0, 0.05) is 12.0 Å². The summed E-state index contributed by atoms with van der Waals surface area (Å²) >= 11 is 0. The van der Waals surface area contributed by atoms with E-state index in [1.54, 1.807) is 18.2 Å². The number of nitrogens with zero attached hydrogens (tertiary/aromatic N) is 1. The van der Waals surface area contributed by atoms with Crippen molar-refractivity contribution < 1.29 is 9.18 Å². The van der Waals surface area contributed by atoms with Gasteiger partial charge in [-0.2, -0.15) is 5.10 Å². The molecule has 0 aliphatic carbocycles. The van der Waals surface area contributed by atoms with Crippen molar-refractivity contribution in [2.75, 3.05) is 0 Å². The smallest absolute Gasteiger partial charge is 0.240 e. The topological polar surface area (TPSA) is 41.5 Å². The molecule has 1 aromatic rings. The Labute approximate surface area is 107 Å². The Hall–Kier alpha value is -1.71. The van der Waals surface area contributed by atoms with Crippen molar-refractivity contribution in [1.82, 2.24) is 5.43 Å². The Morgan fingerprint density at radius 2 is 2.11 bits per heavy atom. The van der Waals surface area contributed by atoms with E-state index in [4.69, 9.17) is 0 Å². The van der Waals surface area contributed by atoms with Crippen LogP contribution in [0.25, 0.3) is 0 Å². The maximum atomic E-state index is 13.2. The third-order valence-corrected chi connectivity index (χ3v) is 2.56. The predicted molar refractivity (Wildman–Crippen MR) is 70.9 cm³/mol. The number of unbranched alkanes of at least 4 members (excludes halogenated alkanes) is 3. The van der Waals surface area contributed by atoms with Gasteiger partial charge in [-0.25, -0.2) is 9.82 Å². The zero-order valence-electron chi connectivity index (χ0n) is 10.7. The fraction of sp³-hybridized carbons (Fsp3) is 0.429. The number of carbonyl (C=O) groups is 1. The van der Waals surface area contributed by atoms with Crippen LogP contribution in [0, 0.1) is 5.82 Å². The van der Waals surface area contributed by atoms with E-state index >= 15 is 0 Å². The van der Waals surface area contributed by atoms with Gasteiger partial charge in [0.25, 0.3) is 0 Å². The molecule has 1 rings (SSSR count). The molecule has 1 N–H and O–H groups in total. The molecule has 4 heteroatoms. The second-order valence-corrected chi connectivity index (χ2v) is 4.13. The lowest BCUT2D eigenvalue weighted by Crippen LogP contribution is -2.17. The molecule has 0 heterocycles. The highest BCUT2D eigenvalue weighted by Crippen LogP contribution is 2.03. The van der Waals surface area contributed by atoms with Crippen LogP contribution < -0.4 is 5.43 Å². The molecule has 0 saturated heterocycles. The van der Waals surface area contributed by atoms with Gasteiger partial charge in [-0.3, -0.25) is 4.79 Å². The number of hydrogen-bond acceptors (Lipinski definition) is 2. The van der Waals surface area contributed by atoms with Gasteiger partial charge in [-0.1, -0.05) is 44.4 Å². The molecule has 0 spiro atoms. The maximum absolute atomic E-state index is 13.2. The summed E-state index contributed by atoms with van der Waals surface area (Å²) in [4.78, 5) is 11.4. The van der Waals surface area contributed by atoms with Gasteiger partial charge in [-0.15, -0.1) is 0 Å². The van der Waals surface area contributed by atoms with Crippen molar-refractivity contribution in [2.24, 2.45) is 5.10 Å². The number of hydrogen-bond donors (Lipinski definition) is 1. The first-order chi connectivity index (χ1) is 8.74. The third-order valence-electron chi connectivity index (χ3n) is 2.56. The number of benzene rings is 1. The van der Waals surface area contributed by atoms with E-state index in [0.29, 0.717) is 12.0 Å². The molecule has 3 nitrogen and oxygen atoms in total. The van der Waals surface area contributed by atoms with Crippen LogP contribution in [0.2, 0.25) is 0 Å². The largest absolute Gasteiger partial charge is 0.273 e. The molecule has 0 unspecified atom stereocenters. The molecule has 0 aromatic heterocycles. The molecule has 0 atom stereocenters. The minimum Gasteiger partial charge on any atom is -0.273 e. The summed E-state index contributed by atoms with van der Waals surface area (Å²) in [5, 5.41) is 3.74. The van der Waals surface area contributed by atoms with E-state index < -0.39 is 0 Å². The molecule has 0 radical (unpaired) electrons. The molecule has 98 valence electrons. The van der Waals surface area contributed by atoms with Gasteiger partial charge in [0.05, 0.1) is 6.21 Å². The minimum absolute atomic E-state index is 0.126. The Kier molecular flexibility index (Phi) is 6.69. The number of rotatable bonds is 7. The third kappa shape index (κ3) is 5.57. The minimum atomic E-state index is -0.349. The molecule has 0 aliphatic rings. The molecule has 18 heavy (non-hydrogen) atoms. The van der Waals surface area contributed by atoms with E-state index in [1.807, 2.05) is 0 Å². The van der Waals surface area contributed by atoms with Crippen molar-refractivity contribution in [3.63, 3.8) is 0 Å². The number of nitrogens with one attached hydrogen (secondary N) is 1. The van der Waals surface area contributed by atoms with Crippen LogP contribution in [0.1, 0.15) is 44.6 Å². The average Bonchev–Trinajstić information content (AvgIpc) is 2.37. The summed E-state index contributed by atoms with van der Waals surface area (Å²) < 4.78 is 13.2. The SMILES string of the molecule is CCCCCCC(=O)NN=Cc1ccccc1F. The van der Waals surface area contributed by atoms with E-state index in [-0.39, 0.29) is 11.7 Å². The Bertz CT molecular complexity index is 405. The molecule has 0 bridgehead atoms.